The normalized spacial score (nSPS) is 11.9. The van der Waals surface area contributed by atoms with Gasteiger partial charge in [-0.2, -0.15) is 0 Å². The molecular formula is C17H16N4O2. The molecule has 0 aliphatic heterocycles. The molecule has 1 amide bonds. The fourth-order valence-corrected chi connectivity index (χ4v) is 2.24. The van der Waals surface area contributed by atoms with Gasteiger partial charge in [0, 0.05) is 24.0 Å². The van der Waals surface area contributed by atoms with E-state index in [0.717, 1.165) is 16.7 Å². The standard InChI is InChI=1S/C17H16N4O2/c1-11-7-16(21-23-11)17(22)20-12(2)13-3-5-14(6-4-13)15-8-18-10-19-9-15/h3-10,12H,1-2H3,(H,20,22). The second-order valence-electron chi connectivity index (χ2n) is 5.27. The first-order valence-electron chi connectivity index (χ1n) is 7.23. The van der Waals surface area contributed by atoms with Crippen LogP contribution in [0.25, 0.3) is 11.1 Å². The van der Waals surface area contributed by atoms with Gasteiger partial charge in [-0.25, -0.2) is 9.97 Å². The van der Waals surface area contributed by atoms with Crippen LogP contribution in [-0.2, 0) is 0 Å². The largest absolute Gasteiger partial charge is 0.361 e. The van der Waals surface area contributed by atoms with Crippen molar-refractivity contribution in [2.24, 2.45) is 0 Å². The summed E-state index contributed by atoms with van der Waals surface area (Å²) in [5, 5.41) is 6.61. The van der Waals surface area contributed by atoms with Crippen molar-refractivity contribution >= 4 is 5.91 Å². The lowest BCUT2D eigenvalue weighted by Crippen LogP contribution is -2.26. The Bertz CT molecular complexity index is 797. The number of nitrogens with zero attached hydrogens (tertiary/aromatic N) is 3. The Balaban J connectivity index is 1.70. The van der Waals surface area contributed by atoms with E-state index in [2.05, 4.69) is 20.4 Å². The third kappa shape index (κ3) is 3.42. The Morgan fingerprint density at radius 2 is 1.83 bits per heavy atom. The third-order valence-electron chi connectivity index (χ3n) is 3.51. The van der Waals surface area contributed by atoms with Crippen molar-refractivity contribution in [3.05, 3.63) is 66.1 Å². The molecule has 23 heavy (non-hydrogen) atoms. The summed E-state index contributed by atoms with van der Waals surface area (Å²) < 4.78 is 4.91. The topological polar surface area (TPSA) is 80.9 Å². The summed E-state index contributed by atoms with van der Waals surface area (Å²) in [7, 11) is 0. The minimum absolute atomic E-state index is 0.138. The number of aryl methyl sites for hydroxylation is 1. The van der Waals surface area contributed by atoms with Gasteiger partial charge in [0.05, 0.1) is 6.04 Å². The molecule has 0 bridgehead atoms. The quantitative estimate of drug-likeness (QED) is 0.801. The van der Waals surface area contributed by atoms with Crippen molar-refractivity contribution in [3.63, 3.8) is 0 Å². The number of amides is 1. The van der Waals surface area contributed by atoms with Crippen LogP contribution in [0, 0.1) is 6.92 Å². The molecule has 3 aromatic rings. The van der Waals surface area contributed by atoms with Crippen LogP contribution >= 0.6 is 0 Å². The Hall–Kier alpha value is -3.02. The average Bonchev–Trinajstić information content (AvgIpc) is 3.02. The highest BCUT2D eigenvalue weighted by Gasteiger charge is 2.14. The number of hydrogen-bond donors (Lipinski definition) is 1. The predicted octanol–water partition coefficient (Wildman–Crippen LogP) is 2.93. The number of nitrogens with one attached hydrogen (secondary N) is 1. The summed E-state index contributed by atoms with van der Waals surface area (Å²) in [5.74, 6) is 0.354. The summed E-state index contributed by atoms with van der Waals surface area (Å²) in [6, 6.07) is 9.39. The summed E-state index contributed by atoms with van der Waals surface area (Å²) >= 11 is 0. The Morgan fingerprint density at radius 1 is 1.13 bits per heavy atom. The van der Waals surface area contributed by atoms with Crippen LogP contribution < -0.4 is 5.32 Å². The highest BCUT2D eigenvalue weighted by molar-refractivity contribution is 5.92. The minimum Gasteiger partial charge on any atom is -0.361 e. The molecule has 0 saturated heterocycles. The minimum atomic E-state index is -0.255. The van der Waals surface area contributed by atoms with Crippen molar-refractivity contribution in [3.8, 4) is 11.1 Å². The molecule has 0 spiro atoms. The van der Waals surface area contributed by atoms with Gasteiger partial charge >= 0.3 is 0 Å². The number of rotatable bonds is 4. The lowest BCUT2D eigenvalue weighted by atomic mass is 10.0. The van der Waals surface area contributed by atoms with Gasteiger partial charge in [-0.05, 0) is 25.0 Å². The van der Waals surface area contributed by atoms with E-state index in [1.807, 2.05) is 31.2 Å². The maximum atomic E-state index is 12.1. The first-order valence-corrected chi connectivity index (χ1v) is 7.23. The van der Waals surface area contributed by atoms with Gasteiger partial charge in [-0.3, -0.25) is 4.79 Å². The zero-order chi connectivity index (χ0) is 16.2. The van der Waals surface area contributed by atoms with Crippen molar-refractivity contribution in [1.29, 1.82) is 0 Å². The first kappa shape index (κ1) is 14.9. The van der Waals surface area contributed by atoms with Crippen LogP contribution in [0.4, 0.5) is 0 Å². The fourth-order valence-electron chi connectivity index (χ4n) is 2.24. The van der Waals surface area contributed by atoms with E-state index in [4.69, 9.17) is 4.52 Å². The summed E-state index contributed by atoms with van der Waals surface area (Å²) in [4.78, 5) is 20.1. The Labute approximate surface area is 133 Å². The maximum Gasteiger partial charge on any atom is 0.273 e. The molecule has 1 N–H and O–H groups in total. The van der Waals surface area contributed by atoms with Gasteiger partial charge < -0.3 is 9.84 Å². The third-order valence-corrected chi connectivity index (χ3v) is 3.51. The van der Waals surface area contributed by atoms with E-state index in [0.29, 0.717) is 5.76 Å². The van der Waals surface area contributed by atoms with Crippen molar-refractivity contribution < 1.29 is 9.32 Å². The molecule has 1 unspecified atom stereocenters. The van der Waals surface area contributed by atoms with Gasteiger partial charge in [0.15, 0.2) is 5.69 Å². The number of carbonyl (C=O) groups is 1. The highest BCUT2D eigenvalue weighted by atomic mass is 16.5. The molecule has 0 saturated carbocycles. The van der Waals surface area contributed by atoms with E-state index in [1.165, 1.54) is 6.33 Å². The molecule has 2 heterocycles. The maximum absolute atomic E-state index is 12.1. The van der Waals surface area contributed by atoms with Crippen molar-refractivity contribution in [2.45, 2.75) is 19.9 Å². The smallest absolute Gasteiger partial charge is 0.273 e. The Kier molecular flexibility index (Phi) is 4.14. The van der Waals surface area contributed by atoms with Gasteiger partial charge in [-0.15, -0.1) is 0 Å². The van der Waals surface area contributed by atoms with E-state index in [-0.39, 0.29) is 17.6 Å². The van der Waals surface area contributed by atoms with Gasteiger partial charge in [0.1, 0.15) is 12.1 Å². The predicted molar refractivity (Wildman–Crippen MR) is 84.6 cm³/mol. The number of aromatic nitrogens is 3. The molecule has 3 rings (SSSR count). The van der Waals surface area contributed by atoms with Crippen molar-refractivity contribution in [1.82, 2.24) is 20.4 Å². The zero-order valence-corrected chi connectivity index (χ0v) is 12.9. The van der Waals surface area contributed by atoms with Crippen LogP contribution in [0.15, 0.2) is 53.6 Å². The molecule has 0 fully saturated rings. The summed E-state index contributed by atoms with van der Waals surface area (Å²) in [6.45, 7) is 3.67. The molecule has 6 heteroatoms. The first-order chi connectivity index (χ1) is 11.1. The molecule has 6 nitrogen and oxygen atoms in total. The summed E-state index contributed by atoms with van der Waals surface area (Å²) in [5.41, 5.74) is 3.26. The van der Waals surface area contributed by atoms with E-state index < -0.39 is 0 Å². The lowest BCUT2D eigenvalue weighted by Gasteiger charge is -2.13. The van der Waals surface area contributed by atoms with Crippen LogP contribution in [0.5, 0.6) is 0 Å². The second kappa shape index (κ2) is 6.39. The van der Waals surface area contributed by atoms with Crippen LogP contribution in [0.3, 0.4) is 0 Å². The molecule has 0 aliphatic carbocycles. The van der Waals surface area contributed by atoms with E-state index in [9.17, 15) is 4.79 Å². The zero-order valence-electron chi connectivity index (χ0n) is 12.9. The average molecular weight is 308 g/mol. The SMILES string of the molecule is Cc1cc(C(=O)NC(C)c2ccc(-c3cncnc3)cc2)no1. The van der Waals surface area contributed by atoms with Gasteiger partial charge in [-0.1, -0.05) is 29.4 Å². The monoisotopic (exact) mass is 308 g/mol. The molecule has 0 radical (unpaired) electrons. The van der Waals surface area contributed by atoms with Gasteiger partial charge in [0.2, 0.25) is 0 Å². The molecular weight excluding hydrogens is 292 g/mol. The fraction of sp³-hybridized carbons (Fsp3) is 0.176. The van der Waals surface area contributed by atoms with Crippen LogP contribution in [-0.4, -0.2) is 21.0 Å². The summed E-state index contributed by atoms with van der Waals surface area (Å²) in [6.07, 6.45) is 5.03. The Morgan fingerprint density at radius 3 is 2.43 bits per heavy atom. The molecule has 0 aliphatic rings. The lowest BCUT2D eigenvalue weighted by molar-refractivity contribution is 0.0930. The van der Waals surface area contributed by atoms with E-state index in [1.54, 1.807) is 25.4 Å². The number of carbonyl (C=O) groups excluding carboxylic acids is 1. The van der Waals surface area contributed by atoms with Gasteiger partial charge in [0.25, 0.3) is 5.91 Å². The number of hydrogen-bond acceptors (Lipinski definition) is 5. The molecule has 116 valence electrons. The number of benzene rings is 1. The second-order valence-corrected chi connectivity index (χ2v) is 5.27. The van der Waals surface area contributed by atoms with E-state index >= 15 is 0 Å². The van der Waals surface area contributed by atoms with Crippen LogP contribution in [0.1, 0.15) is 34.8 Å². The van der Waals surface area contributed by atoms with Crippen LogP contribution in [0.2, 0.25) is 0 Å². The molecule has 1 atom stereocenters. The molecule has 1 aromatic carbocycles. The molecule has 2 aromatic heterocycles. The van der Waals surface area contributed by atoms with Crippen molar-refractivity contribution in [2.75, 3.05) is 0 Å². The highest BCUT2D eigenvalue weighted by Crippen LogP contribution is 2.20.